The summed E-state index contributed by atoms with van der Waals surface area (Å²) in [6.07, 6.45) is 1.47. The van der Waals surface area contributed by atoms with Gasteiger partial charge in [-0.25, -0.2) is 4.79 Å². The molecule has 26 heavy (non-hydrogen) atoms. The number of nitrogens with zero attached hydrogens (tertiary/aromatic N) is 1. The Kier molecular flexibility index (Phi) is 4.80. The van der Waals surface area contributed by atoms with Crippen LogP contribution in [0.15, 0.2) is 66.9 Å². The van der Waals surface area contributed by atoms with Crippen molar-refractivity contribution in [1.82, 2.24) is 4.98 Å². The van der Waals surface area contributed by atoms with Crippen LogP contribution in [0.5, 0.6) is 11.5 Å². The van der Waals surface area contributed by atoms with Crippen LogP contribution < -0.4 is 15.8 Å². The Hall–Kier alpha value is -3.87. The SMILES string of the molecule is Nc1ccc(C(=O)O)c(NC(=O)c2ccccn2)c1Oc1ccccc1. The van der Waals surface area contributed by atoms with E-state index in [4.69, 9.17) is 10.5 Å². The molecule has 0 radical (unpaired) electrons. The minimum Gasteiger partial charge on any atom is -0.478 e. The van der Waals surface area contributed by atoms with E-state index in [1.54, 1.807) is 36.4 Å². The Labute approximate surface area is 149 Å². The van der Waals surface area contributed by atoms with Gasteiger partial charge in [-0.15, -0.1) is 0 Å². The lowest BCUT2D eigenvalue weighted by Crippen LogP contribution is -2.17. The number of carbonyl (C=O) groups excluding carboxylic acids is 1. The van der Waals surface area contributed by atoms with E-state index >= 15 is 0 Å². The number of nitrogen functional groups attached to an aromatic ring is 1. The number of rotatable bonds is 5. The maximum atomic E-state index is 12.4. The Bertz CT molecular complexity index is 944. The molecule has 0 fully saturated rings. The molecule has 2 aromatic carbocycles. The number of hydrogen-bond acceptors (Lipinski definition) is 5. The molecule has 0 aliphatic carbocycles. The van der Waals surface area contributed by atoms with E-state index < -0.39 is 11.9 Å². The van der Waals surface area contributed by atoms with Crippen molar-refractivity contribution in [3.05, 3.63) is 78.1 Å². The number of ether oxygens (including phenoxy) is 1. The minimum atomic E-state index is -1.22. The van der Waals surface area contributed by atoms with Gasteiger partial charge in [0.1, 0.15) is 17.1 Å². The molecule has 0 bridgehead atoms. The Morgan fingerprint density at radius 1 is 1.00 bits per heavy atom. The normalized spacial score (nSPS) is 10.2. The molecule has 1 heterocycles. The van der Waals surface area contributed by atoms with Crippen LogP contribution in [-0.2, 0) is 0 Å². The van der Waals surface area contributed by atoms with E-state index in [1.165, 1.54) is 24.4 Å². The summed E-state index contributed by atoms with van der Waals surface area (Å²) < 4.78 is 5.74. The molecule has 130 valence electrons. The molecular formula is C19H15N3O4. The van der Waals surface area contributed by atoms with E-state index in [0.717, 1.165) is 0 Å². The number of nitrogens with two attached hydrogens (primary N) is 1. The van der Waals surface area contributed by atoms with Gasteiger partial charge in [-0.05, 0) is 36.4 Å². The van der Waals surface area contributed by atoms with Gasteiger partial charge in [-0.2, -0.15) is 0 Å². The second-order valence-corrected chi connectivity index (χ2v) is 5.30. The highest BCUT2D eigenvalue weighted by atomic mass is 16.5. The molecule has 1 amide bonds. The van der Waals surface area contributed by atoms with Gasteiger partial charge >= 0.3 is 5.97 Å². The topological polar surface area (TPSA) is 115 Å². The molecule has 0 atom stereocenters. The monoisotopic (exact) mass is 349 g/mol. The first kappa shape index (κ1) is 17.0. The van der Waals surface area contributed by atoms with Gasteiger partial charge in [0, 0.05) is 6.20 Å². The summed E-state index contributed by atoms with van der Waals surface area (Å²) in [6.45, 7) is 0. The molecule has 0 spiro atoms. The Morgan fingerprint density at radius 2 is 1.73 bits per heavy atom. The number of hydrogen-bond donors (Lipinski definition) is 3. The summed E-state index contributed by atoms with van der Waals surface area (Å²) in [5, 5.41) is 12.0. The summed E-state index contributed by atoms with van der Waals surface area (Å²) in [5.74, 6) is -1.29. The smallest absolute Gasteiger partial charge is 0.337 e. The van der Waals surface area contributed by atoms with Gasteiger partial charge in [-0.3, -0.25) is 9.78 Å². The molecule has 4 N–H and O–H groups in total. The standard InChI is InChI=1S/C19H15N3O4/c20-14-10-9-13(19(24)25)16(17(14)26-12-6-2-1-3-7-12)22-18(23)15-8-4-5-11-21-15/h1-11H,20H2,(H,22,23)(H,24,25). The molecule has 3 aromatic rings. The largest absolute Gasteiger partial charge is 0.478 e. The zero-order valence-electron chi connectivity index (χ0n) is 13.5. The average molecular weight is 349 g/mol. The van der Waals surface area contributed by atoms with Gasteiger partial charge in [0.05, 0.1) is 11.3 Å². The highest BCUT2D eigenvalue weighted by molar-refractivity contribution is 6.09. The number of anilines is 2. The number of pyridine rings is 1. The van der Waals surface area contributed by atoms with Gasteiger partial charge in [-0.1, -0.05) is 24.3 Å². The van der Waals surface area contributed by atoms with Crippen LogP contribution >= 0.6 is 0 Å². The predicted octanol–water partition coefficient (Wildman–Crippen LogP) is 3.41. The lowest BCUT2D eigenvalue weighted by Gasteiger charge is -2.16. The summed E-state index contributed by atoms with van der Waals surface area (Å²) in [7, 11) is 0. The molecule has 1 aromatic heterocycles. The van der Waals surface area contributed by atoms with Gasteiger partial charge in [0.2, 0.25) is 0 Å². The van der Waals surface area contributed by atoms with Crippen molar-refractivity contribution in [2.45, 2.75) is 0 Å². The third-order valence-electron chi connectivity index (χ3n) is 3.52. The van der Waals surface area contributed by atoms with Gasteiger partial charge in [0.15, 0.2) is 5.75 Å². The second-order valence-electron chi connectivity index (χ2n) is 5.30. The van der Waals surface area contributed by atoms with Crippen molar-refractivity contribution in [2.75, 3.05) is 11.1 Å². The molecule has 0 unspecified atom stereocenters. The van der Waals surface area contributed by atoms with E-state index in [1.807, 2.05) is 6.07 Å². The number of aromatic nitrogens is 1. The van der Waals surface area contributed by atoms with E-state index in [9.17, 15) is 14.7 Å². The van der Waals surface area contributed by atoms with Crippen LogP contribution in [0, 0.1) is 0 Å². The van der Waals surface area contributed by atoms with Gasteiger partial charge in [0.25, 0.3) is 5.91 Å². The Balaban J connectivity index is 2.04. The first-order chi connectivity index (χ1) is 12.6. The van der Waals surface area contributed by atoms with Crippen LogP contribution in [0.4, 0.5) is 11.4 Å². The van der Waals surface area contributed by atoms with E-state index in [-0.39, 0.29) is 28.4 Å². The fraction of sp³-hybridized carbons (Fsp3) is 0. The number of nitrogens with one attached hydrogen (secondary N) is 1. The third-order valence-corrected chi connectivity index (χ3v) is 3.52. The zero-order chi connectivity index (χ0) is 18.5. The Morgan fingerprint density at radius 3 is 2.38 bits per heavy atom. The quantitative estimate of drug-likeness (QED) is 0.608. The van der Waals surface area contributed by atoms with E-state index in [2.05, 4.69) is 10.3 Å². The number of amides is 1. The molecule has 7 nitrogen and oxygen atoms in total. The average Bonchev–Trinajstić information content (AvgIpc) is 2.66. The van der Waals surface area contributed by atoms with Crippen LogP contribution in [0.1, 0.15) is 20.8 Å². The van der Waals surface area contributed by atoms with E-state index in [0.29, 0.717) is 5.75 Å². The second kappa shape index (κ2) is 7.35. The highest BCUT2D eigenvalue weighted by Crippen LogP contribution is 2.38. The number of para-hydroxylation sites is 1. The van der Waals surface area contributed by atoms with Crippen LogP contribution in [0.3, 0.4) is 0 Å². The minimum absolute atomic E-state index is 0.0305. The van der Waals surface area contributed by atoms with Crippen molar-refractivity contribution in [3.8, 4) is 11.5 Å². The maximum Gasteiger partial charge on any atom is 0.337 e. The molecule has 0 aliphatic rings. The fourth-order valence-corrected chi connectivity index (χ4v) is 2.29. The number of carboxylic acid groups (broad SMARTS) is 1. The van der Waals surface area contributed by atoms with Crippen molar-refractivity contribution < 1.29 is 19.4 Å². The summed E-state index contributed by atoms with van der Waals surface area (Å²) in [4.78, 5) is 28.0. The number of aromatic carboxylic acids is 1. The number of benzene rings is 2. The van der Waals surface area contributed by atoms with Gasteiger partial charge < -0.3 is 20.9 Å². The molecule has 0 saturated heterocycles. The first-order valence-corrected chi connectivity index (χ1v) is 7.67. The lowest BCUT2D eigenvalue weighted by atomic mass is 10.1. The number of carboxylic acids is 1. The fourth-order valence-electron chi connectivity index (χ4n) is 2.29. The molecule has 3 rings (SSSR count). The summed E-state index contributed by atoms with van der Waals surface area (Å²) in [5.41, 5.74) is 6.12. The third kappa shape index (κ3) is 3.62. The molecule has 7 heteroatoms. The van der Waals surface area contributed by atoms with Crippen molar-refractivity contribution in [2.24, 2.45) is 0 Å². The predicted molar refractivity (Wildman–Crippen MR) is 96.5 cm³/mol. The lowest BCUT2D eigenvalue weighted by molar-refractivity contribution is 0.0697. The molecule has 0 aliphatic heterocycles. The maximum absolute atomic E-state index is 12.4. The van der Waals surface area contributed by atoms with Crippen LogP contribution in [0.2, 0.25) is 0 Å². The van der Waals surface area contributed by atoms with Crippen molar-refractivity contribution >= 4 is 23.3 Å². The molecular weight excluding hydrogens is 334 g/mol. The zero-order valence-corrected chi connectivity index (χ0v) is 13.5. The van der Waals surface area contributed by atoms with Crippen molar-refractivity contribution in [3.63, 3.8) is 0 Å². The highest BCUT2D eigenvalue weighted by Gasteiger charge is 2.21. The number of carbonyl (C=O) groups is 2. The van der Waals surface area contributed by atoms with Crippen LogP contribution in [0.25, 0.3) is 0 Å². The summed E-state index contributed by atoms with van der Waals surface area (Å²) >= 11 is 0. The summed E-state index contributed by atoms with van der Waals surface area (Å²) in [6, 6.07) is 16.3. The van der Waals surface area contributed by atoms with Crippen LogP contribution in [-0.4, -0.2) is 22.0 Å². The first-order valence-electron chi connectivity index (χ1n) is 7.67. The van der Waals surface area contributed by atoms with Crippen molar-refractivity contribution in [1.29, 1.82) is 0 Å². The molecule has 0 saturated carbocycles.